The first kappa shape index (κ1) is 9.68. The molecule has 61 valence electrons. The lowest BCUT2D eigenvalue weighted by Crippen LogP contribution is -2.10. The molecular weight excluding hydrogens is 148 g/mol. The molecule has 0 aromatic carbocycles. The molecule has 4 nitrogen and oxygen atoms in total. The van der Waals surface area contributed by atoms with Gasteiger partial charge in [0.15, 0.2) is 0 Å². The maximum absolute atomic E-state index is 10.6. The van der Waals surface area contributed by atoms with Crippen molar-refractivity contribution < 1.29 is 19.1 Å². The van der Waals surface area contributed by atoms with Gasteiger partial charge >= 0.3 is 12.4 Å². The van der Waals surface area contributed by atoms with E-state index >= 15 is 0 Å². The molecule has 0 bridgehead atoms. The molecule has 0 aliphatic rings. The van der Waals surface area contributed by atoms with Crippen LogP contribution >= 0.6 is 0 Å². The lowest BCUT2D eigenvalue weighted by Gasteiger charge is -2.01. The summed E-state index contributed by atoms with van der Waals surface area (Å²) >= 11 is 0. The molecule has 0 heterocycles. The van der Waals surface area contributed by atoms with E-state index in [0.717, 1.165) is 0 Å². The average Bonchev–Trinajstić information content (AvgIpc) is 1.97. The van der Waals surface area contributed by atoms with E-state index in [9.17, 15) is 9.59 Å². The Morgan fingerprint density at radius 1 is 1.55 bits per heavy atom. The minimum atomic E-state index is -0.487. The highest BCUT2D eigenvalue weighted by Gasteiger charge is 2.01. The van der Waals surface area contributed by atoms with Gasteiger partial charge in [-0.25, -0.2) is 9.59 Å². The largest absolute Gasteiger partial charge is 0.459 e. The monoisotopic (exact) mass is 157 g/mol. The van der Waals surface area contributed by atoms with Crippen LogP contribution in [0.2, 0.25) is 0 Å². The van der Waals surface area contributed by atoms with E-state index in [0.29, 0.717) is 5.57 Å². The number of carbonyl (C=O) groups excluding carboxylic acids is 2. The first-order valence-electron chi connectivity index (χ1n) is 3.00. The van der Waals surface area contributed by atoms with E-state index in [1.807, 2.05) is 0 Å². The smallest absolute Gasteiger partial charge is 0.417 e. The van der Waals surface area contributed by atoms with E-state index in [4.69, 9.17) is 0 Å². The topological polar surface area (TPSA) is 52.6 Å². The number of carbonyl (C=O) groups is 1. The van der Waals surface area contributed by atoms with Gasteiger partial charge in [-0.15, -0.1) is 0 Å². The Morgan fingerprint density at radius 3 is 2.64 bits per heavy atom. The second-order valence-corrected chi connectivity index (χ2v) is 1.85. The van der Waals surface area contributed by atoms with Crippen molar-refractivity contribution >= 4 is 12.4 Å². The maximum Gasteiger partial charge on any atom is 0.417 e. The predicted octanol–water partition coefficient (Wildman–Crippen LogP) is 0.190. The van der Waals surface area contributed by atoms with Crippen LogP contribution in [0, 0.1) is 0 Å². The van der Waals surface area contributed by atoms with Crippen LogP contribution in [0.3, 0.4) is 0 Å². The van der Waals surface area contributed by atoms with Crippen LogP contribution < -0.4 is 0 Å². The highest BCUT2D eigenvalue weighted by atomic mass is 16.6. The Hall–Kier alpha value is -1.32. The number of esters is 1. The molecule has 0 spiro atoms. The van der Waals surface area contributed by atoms with Gasteiger partial charge in [0.05, 0.1) is 0 Å². The highest BCUT2D eigenvalue weighted by molar-refractivity contribution is 5.86. The number of hydrogen-bond acceptors (Lipinski definition) is 4. The molecule has 11 heavy (non-hydrogen) atoms. The lowest BCUT2D eigenvalue weighted by molar-refractivity contribution is -0.139. The molecule has 0 fully saturated rings. The van der Waals surface area contributed by atoms with E-state index in [1.165, 1.54) is 13.4 Å². The zero-order valence-electron chi connectivity index (χ0n) is 6.25. The van der Waals surface area contributed by atoms with Gasteiger partial charge in [-0.2, -0.15) is 0 Å². The van der Waals surface area contributed by atoms with Gasteiger partial charge in [-0.05, 0) is 6.92 Å². The standard InChI is InChI=1S/C7H9O4/c1-6(2)7(9)11-4-3-10-5-8/h1,3-4H2,2H3. The fourth-order valence-electron chi connectivity index (χ4n) is 0.341. The van der Waals surface area contributed by atoms with Gasteiger partial charge in [-0.1, -0.05) is 6.58 Å². The van der Waals surface area contributed by atoms with Crippen LogP contribution in [0.5, 0.6) is 0 Å². The summed E-state index contributed by atoms with van der Waals surface area (Å²) in [6, 6.07) is 0. The summed E-state index contributed by atoms with van der Waals surface area (Å²) in [4.78, 5) is 20.1. The highest BCUT2D eigenvalue weighted by Crippen LogP contribution is 1.90. The van der Waals surface area contributed by atoms with Gasteiger partial charge in [0, 0.05) is 5.57 Å². The van der Waals surface area contributed by atoms with E-state index in [2.05, 4.69) is 16.1 Å². The van der Waals surface area contributed by atoms with E-state index in [-0.39, 0.29) is 13.2 Å². The zero-order chi connectivity index (χ0) is 8.69. The van der Waals surface area contributed by atoms with Crippen molar-refractivity contribution in [3.63, 3.8) is 0 Å². The van der Waals surface area contributed by atoms with Crippen molar-refractivity contribution in [2.45, 2.75) is 6.92 Å². The lowest BCUT2D eigenvalue weighted by atomic mass is 10.4. The van der Waals surface area contributed by atoms with Crippen LogP contribution in [0.4, 0.5) is 0 Å². The van der Waals surface area contributed by atoms with Crippen LogP contribution in [-0.4, -0.2) is 25.7 Å². The molecule has 0 aliphatic carbocycles. The summed E-state index contributed by atoms with van der Waals surface area (Å²) in [5, 5.41) is 0. The summed E-state index contributed by atoms with van der Waals surface area (Å²) in [7, 11) is 0. The number of rotatable bonds is 5. The van der Waals surface area contributed by atoms with Gasteiger partial charge in [-0.3, -0.25) is 0 Å². The number of hydrogen-bond donors (Lipinski definition) is 0. The second-order valence-electron chi connectivity index (χ2n) is 1.85. The van der Waals surface area contributed by atoms with Crippen LogP contribution in [0.15, 0.2) is 12.2 Å². The Morgan fingerprint density at radius 2 is 2.18 bits per heavy atom. The summed E-state index contributed by atoms with van der Waals surface area (Å²) in [5.74, 6) is -0.487. The molecule has 4 heteroatoms. The van der Waals surface area contributed by atoms with Gasteiger partial charge in [0.2, 0.25) is 0 Å². The Kier molecular flexibility index (Phi) is 4.81. The quantitative estimate of drug-likeness (QED) is 0.325. The molecule has 0 aromatic heterocycles. The first-order valence-corrected chi connectivity index (χ1v) is 3.00. The fourth-order valence-corrected chi connectivity index (χ4v) is 0.341. The Balaban J connectivity index is 3.31. The van der Waals surface area contributed by atoms with Crippen LogP contribution in [0.1, 0.15) is 6.92 Å². The second kappa shape index (κ2) is 5.46. The van der Waals surface area contributed by atoms with Gasteiger partial charge in [0.1, 0.15) is 13.2 Å². The summed E-state index contributed by atoms with van der Waals surface area (Å²) in [6.45, 7) is 6.18. The molecule has 0 amide bonds. The van der Waals surface area contributed by atoms with Crippen molar-refractivity contribution in [3.8, 4) is 0 Å². The molecule has 0 unspecified atom stereocenters. The van der Waals surface area contributed by atoms with Crippen molar-refractivity contribution in [1.82, 2.24) is 0 Å². The first-order chi connectivity index (χ1) is 5.18. The Labute approximate surface area is 64.8 Å². The Bertz CT molecular complexity index is 162. The molecule has 0 aliphatic heterocycles. The fraction of sp³-hybridized carbons (Fsp3) is 0.429. The third kappa shape index (κ3) is 5.14. The summed E-state index contributed by atoms with van der Waals surface area (Å²) < 4.78 is 8.71. The van der Waals surface area contributed by atoms with Crippen molar-refractivity contribution in [1.29, 1.82) is 0 Å². The van der Waals surface area contributed by atoms with E-state index in [1.54, 1.807) is 0 Å². The molecule has 0 saturated carbocycles. The SMILES string of the molecule is C=C(C)C(=O)OCCO[C]=O. The third-order valence-electron chi connectivity index (χ3n) is 0.826. The predicted molar refractivity (Wildman–Crippen MR) is 37.4 cm³/mol. The van der Waals surface area contributed by atoms with E-state index < -0.39 is 5.97 Å². The van der Waals surface area contributed by atoms with Gasteiger partial charge in [0.25, 0.3) is 0 Å². The van der Waals surface area contributed by atoms with Gasteiger partial charge < -0.3 is 9.47 Å². The molecule has 0 aromatic rings. The zero-order valence-corrected chi connectivity index (χ0v) is 6.25. The molecule has 1 radical (unpaired) electrons. The molecule has 0 N–H and O–H groups in total. The number of ether oxygens (including phenoxy) is 2. The third-order valence-corrected chi connectivity index (χ3v) is 0.826. The molecule has 0 rings (SSSR count). The van der Waals surface area contributed by atoms with Crippen LogP contribution in [-0.2, 0) is 19.1 Å². The maximum atomic E-state index is 10.6. The van der Waals surface area contributed by atoms with Crippen LogP contribution in [0.25, 0.3) is 0 Å². The molecule has 0 saturated heterocycles. The van der Waals surface area contributed by atoms with Crippen molar-refractivity contribution in [3.05, 3.63) is 12.2 Å². The average molecular weight is 157 g/mol. The minimum Gasteiger partial charge on any atom is -0.459 e. The normalized spacial score (nSPS) is 8.45. The molecular formula is C7H9O4. The summed E-state index contributed by atoms with van der Waals surface area (Å²) in [5.41, 5.74) is 0.320. The summed E-state index contributed by atoms with van der Waals surface area (Å²) in [6.07, 6.45) is 0. The minimum absolute atomic E-state index is 0.0303. The van der Waals surface area contributed by atoms with Crippen molar-refractivity contribution in [2.24, 2.45) is 0 Å². The molecule has 0 atom stereocenters. The van der Waals surface area contributed by atoms with Crippen molar-refractivity contribution in [2.75, 3.05) is 13.2 Å².